The predicted molar refractivity (Wildman–Crippen MR) is 97.5 cm³/mol. The van der Waals surface area contributed by atoms with Crippen LogP contribution >= 0.6 is 0 Å². The lowest BCUT2D eigenvalue weighted by atomic mass is 10.1. The minimum Gasteiger partial charge on any atom is -0.481 e. The van der Waals surface area contributed by atoms with E-state index in [9.17, 15) is 9.90 Å². The summed E-state index contributed by atoms with van der Waals surface area (Å²) in [4.78, 5) is 10.3. The molecule has 23 heavy (non-hydrogen) atoms. The second kappa shape index (κ2) is 17.0. The highest BCUT2D eigenvalue weighted by Crippen LogP contribution is 2.07. The molecule has 0 aromatic heterocycles. The van der Waals surface area contributed by atoms with Gasteiger partial charge in [0.25, 0.3) is 0 Å². The summed E-state index contributed by atoms with van der Waals surface area (Å²) in [5.74, 6) is -0.811. The van der Waals surface area contributed by atoms with Gasteiger partial charge in [-0.15, -0.1) is 0 Å². The van der Waals surface area contributed by atoms with E-state index in [1.54, 1.807) is 6.08 Å². The Hall–Kier alpha value is -1.35. The van der Waals surface area contributed by atoms with Crippen molar-refractivity contribution in [3.8, 4) is 0 Å². The molecule has 0 saturated carbocycles. The lowest BCUT2D eigenvalue weighted by molar-refractivity contribution is -0.137. The Morgan fingerprint density at radius 2 is 1.70 bits per heavy atom. The van der Waals surface area contributed by atoms with Crippen molar-refractivity contribution in [2.75, 3.05) is 0 Å². The number of rotatable bonds is 15. The predicted octanol–water partition coefficient (Wildman–Crippen LogP) is 5.41. The van der Waals surface area contributed by atoms with Crippen LogP contribution in [0.5, 0.6) is 0 Å². The number of allylic oxidation sites excluding steroid dienone is 5. The number of unbranched alkanes of at least 4 members (excludes halogenated alkanes) is 6. The van der Waals surface area contributed by atoms with Crippen molar-refractivity contribution < 1.29 is 15.0 Å². The molecule has 132 valence electrons. The molecule has 0 rings (SSSR count). The molecule has 0 amide bonds. The Labute approximate surface area is 141 Å². The SMILES string of the molecule is CCCCCCCC/C=C\C/C=C/C=C/[C@H](O)CCCC(=O)O. The molecule has 0 heterocycles. The van der Waals surface area contributed by atoms with Crippen LogP contribution in [0.25, 0.3) is 0 Å². The van der Waals surface area contributed by atoms with Crippen molar-refractivity contribution in [3.63, 3.8) is 0 Å². The lowest BCUT2D eigenvalue weighted by Crippen LogP contribution is -2.03. The molecule has 0 spiro atoms. The van der Waals surface area contributed by atoms with Gasteiger partial charge >= 0.3 is 5.97 Å². The summed E-state index contributed by atoms with van der Waals surface area (Å²) in [5.41, 5.74) is 0. The number of carboxylic acids is 1. The van der Waals surface area contributed by atoms with Crippen LogP contribution in [0.1, 0.15) is 77.6 Å². The fourth-order valence-electron chi connectivity index (χ4n) is 2.24. The molecule has 0 saturated heterocycles. The first-order chi connectivity index (χ1) is 11.2. The summed E-state index contributed by atoms with van der Waals surface area (Å²) in [6.45, 7) is 2.24. The summed E-state index contributed by atoms with van der Waals surface area (Å²) in [5, 5.41) is 18.1. The summed E-state index contributed by atoms with van der Waals surface area (Å²) in [6.07, 6.45) is 22.6. The van der Waals surface area contributed by atoms with Crippen LogP contribution < -0.4 is 0 Å². The molecule has 2 N–H and O–H groups in total. The molecule has 0 bridgehead atoms. The third kappa shape index (κ3) is 18.6. The van der Waals surface area contributed by atoms with Gasteiger partial charge in [-0.25, -0.2) is 0 Å². The number of aliphatic carboxylic acids is 1. The van der Waals surface area contributed by atoms with Crippen LogP contribution in [-0.2, 0) is 4.79 Å². The first-order valence-electron chi connectivity index (χ1n) is 9.05. The van der Waals surface area contributed by atoms with E-state index in [0.29, 0.717) is 12.8 Å². The number of carbonyl (C=O) groups is 1. The summed E-state index contributed by atoms with van der Waals surface area (Å²) in [7, 11) is 0. The Kier molecular flexibility index (Phi) is 16.0. The Morgan fingerprint density at radius 3 is 2.43 bits per heavy atom. The van der Waals surface area contributed by atoms with Crippen LogP contribution in [0.15, 0.2) is 36.5 Å². The minimum atomic E-state index is -0.811. The van der Waals surface area contributed by atoms with E-state index in [4.69, 9.17) is 5.11 Å². The van der Waals surface area contributed by atoms with Gasteiger partial charge in [0, 0.05) is 6.42 Å². The normalized spacial score (nSPS) is 13.5. The highest BCUT2D eigenvalue weighted by Gasteiger charge is 2.01. The molecular formula is C20H34O3. The van der Waals surface area contributed by atoms with E-state index in [1.165, 1.54) is 38.5 Å². The second-order valence-corrected chi connectivity index (χ2v) is 5.93. The molecule has 0 aromatic carbocycles. The molecule has 3 nitrogen and oxygen atoms in total. The van der Waals surface area contributed by atoms with Gasteiger partial charge < -0.3 is 10.2 Å². The van der Waals surface area contributed by atoms with Gasteiger partial charge in [-0.3, -0.25) is 4.79 Å². The average Bonchev–Trinajstić information content (AvgIpc) is 2.51. The van der Waals surface area contributed by atoms with Crippen LogP contribution in [0.4, 0.5) is 0 Å². The van der Waals surface area contributed by atoms with Crippen molar-refractivity contribution in [2.24, 2.45) is 0 Å². The zero-order valence-corrected chi connectivity index (χ0v) is 14.6. The third-order valence-electron chi connectivity index (χ3n) is 3.63. The highest BCUT2D eigenvalue weighted by molar-refractivity contribution is 5.66. The van der Waals surface area contributed by atoms with Gasteiger partial charge in [-0.1, -0.05) is 75.5 Å². The van der Waals surface area contributed by atoms with Crippen molar-refractivity contribution in [3.05, 3.63) is 36.5 Å². The van der Waals surface area contributed by atoms with Crippen LogP contribution in [0.3, 0.4) is 0 Å². The summed E-state index contributed by atoms with van der Waals surface area (Å²) in [6, 6.07) is 0. The van der Waals surface area contributed by atoms with Crippen molar-refractivity contribution >= 4 is 5.97 Å². The van der Waals surface area contributed by atoms with Gasteiger partial charge in [-0.05, 0) is 32.1 Å². The maximum atomic E-state index is 10.3. The molecule has 1 atom stereocenters. The molecule has 0 aliphatic rings. The summed E-state index contributed by atoms with van der Waals surface area (Å²) < 4.78 is 0. The van der Waals surface area contributed by atoms with Crippen LogP contribution in [0.2, 0.25) is 0 Å². The largest absolute Gasteiger partial charge is 0.481 e. The van der Waals surface area contributed by atoms with E-state index in [0.717, 1.165) is 12.8 Å². The number of hydrogen-bond acceptors (Lipinski definition) is 2. The number of hydrogen-bond donors (Lipinski definition) is 2. The third-order valence-corrected chi connectivity index (χ3v) is 3.63. The van der Waals surface area contributed by atoms with Crippen LogP contribution in [0, 0.1) is 0 Å². The van der Waals surface area contributed by atoms with E-state index < -0.39 is 12.1 Å². The van der Waals surface area contributed by atoms with Gasteiger partial charge in [0.2, 0.25) is 0 Å². The molecule has 0 aliphatic heterocycles. The van der Waals surface area contributed by atoms with E-state index in [2.05, 4.69) is 25.2 Å². The Morgan fingerprint density at radius 1 is 0.957 bits per heavy atom. The highest BCUT2D eigenvalue weighted by atomic mass is 16.4. The fourth-order valence-corrected chi connectivity index (χ4v) is 2.24. The van der Waals surface area contributed by atoms with Crippen molar-refractivity contribution in [2.45, 2.75) is 83.7 Å². The minimum absolute atomic E-state index is 0.115. The Balaban J connectivity index is 3.49. The number of aliphatic hydroxyl groups excluding tert-OH is 1. The van der Waals surface area contributed by atoms with E-state index >= 15 is 0 Å². The lowest BCUT2D eigenvalue weighted by Gasteiger charge is -2.02. The van der Waals surface area contributed by atoms with E-state index in [1.807, 2.05) is 12.2 Å². The maximum Gasteiger partial charge on any atom is 0.303 e. The molecule has 0 aromatic rings. The zero-order valence-electron chi connectivity index (χ0n) is 14.6. The average molecular weight is 322 g/mol. The molecule has 3 heteroatoms. The number of carboxylic acid groups (broad SMARTS) is 1. The number of aliphatic hydroxyl groups is 1. The molecule has 0 unspecified atom stereocenters. The van der Waals surface area contributed by atoms with Gasteiger partial charge in [0.1, 0.15) is 0 Å². The topological polar surface area (TPSA) is 57.5 Å². The quantitative estimate of drug-likeness (QED) is 0.241. The monoisotopic (exact) mass is 322 g/mol. The smallest absolute Gasteiger partial charge is 0.303 e. The van der Waals surface area contributed by atoms with E-state index in [-0.39, 0.29) is 6.42 Å². The first-order valence-corrected chi connectivity index (χ1v) is 9.05. The molecule has 0 aliphatic carbocycles. The van der Waals surface area contributed by atoms with Gasteiger partial charge in [0.05, 0.1) is 6.10 Å². The van der Waals surface area contributed by atoms with Gasteiger partial charge in [-0.2, -0.15) is 0 Å². The van der Waals surface area contributed by atoms with Crippen LogP contribution in [-0.4, -0.2) is 22.3 Å². The Bertz CT molecular complexity index is 356. The fraction of sp³-hybridized carbons (Fsp3) is 0.650. The van der Waals surface area contributed by atoms with Crippen molar-refractivity contribution in [1.82, 2.24) is 0 Å². The first kappa shape index (κ1) is 21.6. The standard InChI is InChI=1S/C20H34O3/c1-2-3-4-5-6-7-8-9-10-11-12-13-14-16-19(21)17-15-18-20(22)23/h9-10,12-14,16,19,21H,2-8,11,15,17-18H2,1H3,(H,22,23)/b10-9-,13-12+,16-14+/t19-/m0/s1. The second-order valence-electron chi connectivity index (χ2n) is 5.93. The molecule has 0 radical (unpaired) electrons. The van der Waals surface area contributed by atoms with Gasteiger partial charge in [0.15, 0.2) is 0 Å². The van der Waals surface area contributed by atoms with Crippen molar-refractivity contribution in [1.29, 1.82) is 0 Å². The molecule has 0 fully saturated rings. The zero-order chi connectivity index (χ0) is 17.2. The summed E-state index contributed by atoms with van der Waals surface area (Å²) >= 11 is 0. The maximum absolute atomic E-state index is 10.3. The molecular weight excluding hydrogens is 288 g/mol.